The first-order valence-corrected chi connectivity index (χ1v) is 9.33. The van der Waals surface area contributed by atoms with Crippen LogP contribution in [0.3, 0.4) is 0 Å². The Labute approximate surface area is 171 Å². The second kappa shape index (κ2) is 8.40. The van der Waals surface area contributed by atoms with Gasteiger partial charge in [-0.25, -0.2) is 14.8 Å². The number of hydrogen-bond acceptors (Lipinski definition) is 6. The molecule has 0 unspecified atom stereocenters. The molecule has 0 saturated heterocycles. The Morgan fingerprint density at radius 1 is 1.31 bits per heavy atom. The van der Waals surface area contributed by atoms with Crippen molar-refractivity contribution in [2.45, 2.75) is 33.4 Å². The summed E-state index contributed by atoms with van der Waals surface area (Å²) < 4.78 is 6.84. The van der Waals surface area contributed by atoms with E-state index >= 15 is 0 Å². The van der Waals surface area contributed by atoms with Crippen molar-refractivity contribution < 1.29 is 14.3 Å². The molecular weight excluding hydrogens is 396 g/mol. The van der Waals surface area contributed by atoms with E-state index in [9.17, 15) is 14.4 Å². The maximum absolute atomic E-state index is 12.5. The zero-order valence-electron chi connectivity index (χ0n) is 16.1. The molecule has 1 N–H and O–H groups in total. The third kappa shape index (κ3) is 4.27. The van der Waals surface area contributed by atoms with Gasteiger partial charge in [0, 0.05) is 12.7 Å². The molecule has 3 aromatic rings. The smallest absolute Gasteiger partial charge is 0.338 e. The summed E-state index contributed by atoms with van der Waals surface area (Å²) in [5.41, 5.74) is 1.84. The van der Waals surface area contributed by atoms with E-state index in [2.05, 4.69) is 15.3 Å². The predicted octanol–water partition coefficient (Wildman–Crippen LogP) is 2.96. The minimum absolute atomic E-state index is 0.136. The first kappa shape index (κ1) is 20.5. The van der Waals surface area contributed by atoms with Gasteiger partial charge in [-0.15, -0.1) is 0 Å². The third-order valence-electron chi connectivity index (χ3n) is 4.33. The number of halogens is 1. The fraction of sp³-hybridized carbons (Fsp3) is 0.250. The number of nitrogens with one attached hydrogen (secondary N) is 1. The second-order valence-electron chi connectivity index (χ2n) is 6.33. The molecule has 29 heavy (non-hydrogen) atoms. The van der Waals surface area contributed by atoms with Crippen LogP contribution >= 0.6 is 11.6 Å². The van der Waals surface area contributed by atoms with Crippen LogP contribution in [-0.2, 0) is 16.1 Å². The molecule has 0 bridgehead atoms. The van der Waals surface area contributed by atoms with Crippen molar-refractivity contribution in [3.05, 3.63) is 63.3 Å². The minimum atomic E-state index is -1.06. The number of aromatic nitrogens is 3. The molecule has 8 nitrogen and oxygen atoms in total. The van der Waals surface area contributed by atoms with Gasteiger partial charge in [-0.3, -0.25) is 9.59 Å². The highest BCUT2D eigenvalue weighted by Crippen LogP contribution is 2.19. The van der Waals surface area contributed by atoms with Crippen molar-refractivity contribution in [1.82, 2.24) is 14.5 Å². The second-order valence-corrected chi connectivity index (χ2v) is 6.69. The molecule has 0 saturated carbocycles. The summed E-state index contributed by atoms with van der Waals surface area (Å²) in [5.74, 6) is -1.22. The van der Waals surface area contributed by atoms with Gasteiger partial charge >= 0.3 is 5.97 Å². The summed E-state index contributed by atoms with van der Waals surface area (Å²) in [5, 5.41) is 2.70. The van der Waals surface area contributed by atoms with Crippen molar-refractivity contribution in [2.24, 2.45) is 0 Å². The van der Waals surface area contributed by atoms with Crippen molar-refractivity contribution in [1.29, 1.82) is 0 Å². The zero-order valence-corrected chi connectivity index (χ0v) is 16.9. The molecule has 0 radical (unpaired) electrons. The molecule has 2 aromatic heterocycles. The molecule has 1 aromatic carbocycles. The summed E-state index contributed by atoms with van der Waals surface area (Å²) in [6, 6.07) is 7.93. The highest BCUT2D eigenvalue weighted by atomic mass is 35.5. The van der Waals surface area contributed by atoms with Crippen LogP contribution in [0.25, 0.3) is 11.0 Å². The number of anilines is 1. The lowest BCUT2D eigenvalue weighted by Gasteiger charge is -2.14. The molecule has 150 valence electrons. The largest absolute Gasteiger partial charge is 0.449 e. The molecule has 1 atom stereocenters. The number of benzene rings is 1. The van der Waals surface area contributed by atoms with Crippen LogP contribution in [-0.4, -0.2) is 32.5 Å². The van der Waals surface area contributed by atoms with Gasteiger partial charge in [-0.05, 0) is 51.1 Å². The van der Waals surface area contributed by atoms with Crippen LogP contribution < -0.4 is 10.9 Å². The Hall–Kier alpha value is -3.26. The first-order chi connectivity index (χ1) is 13.8. The Bertz CT molecular complexity index is 1160. The molecular formula is C20H19ClN4O4. The Balaban J connectivity index is 1.79. The molecule has 0 aliphatic carbocycles. The maximum Gasteiger partial charge on any atom is 0.338 e. The van der Waals surface area contributed by atoms with Crippen molar-refractivity contribution in [3.8, 4) is 0 Å². The minimum Gasteiger partial charge on any atom is -0.449 e. The molecule has 9 heteroatoms. The molecule has 3 rings (SSSR count). The Morgan fingerprint density at radius 3 is 2.76 bits per heavy atom. The number of esters is 1. The third-order valence-corrected chi connectivity index (χ3v) is 4.63. The van der Waals surface area contributed by atoms with Gasteiger partial charge in [-0.2, -0.15) is 0 Å². The SMILES string of the molecule is CCn1c(=O)c(C)nc2cc(C(=O)O[C@@H](C)C(=O)Nc3cccnc3Cl)ccc21. The Kier molecular flexibility index (Phi) is 5.93. The fourth-order valence-corrected chi connectivity index (χ4v) is 2.98. The van der Waals surface area contributed by atoms with Crippen LogP contribution in [0.1, 0.15) is 29.9 Å². The average Bonchev–Trinajstić information content (AvgIpc) is 2.70. The van der Waals surface area contributed by atoms with Crippen LogP contribution in [0.15, 0.2) is 41.3 Å². The number of aryl methyl sites for hydroxylation is 2. The normalized spacial score (nSPS) is 11.9. The number of nitrogens with zero attached hydrogens (tertiary/aromatic N) is 3. The summed E-state index contributed by atoms with van der Waals surface area (Å²) >= 11 is 5.91. The van der Waals surface area contributed by atoms with E-state index in [4.69, 9.17) is 16.3 Å². The number of ether oxygens (including phenoxy) is 1. The van der Waals surface area contributed by atoms with Gasteiger partial charge in [0.1, 0.15) is 5.69 Å². The monoisotopic (exact) mass is 414 g/mol. The highest BCUT2D eigenvalue weighted by Gasteiger charge is 2.20. The number of hydrogen-bond donors (Lipinski definition) is 1. The van der Waals surface area contributed by atoms with Crippen molar-refractivity contribution in [2.75, 3.05) is 5.32 Å². The number of fused-ring (bicyclic) bond motifs is 1. The number of carbonyl (C=O) groups excluding carboxylic acids is 2. The van der Waals surface area contributed by atoms with Crippen LogP contribution in [0.2, 0.25) is 5.15 Å². The van der Waals surface area contributed by atoms with Gasteiger partial charge in [0.05, 0.1) is 22.3 Å². The lowest BCUT2D eigenvalue weighted by atomic mass is 10.2. The number of carbonyl (C=O) groups is 2. The van der Waals surface area contributed by atoms with Gasteiger partial charge in [0.25, 0.3) is 11.5 Å². The predicted molar refractivity (Wildman–Crippen MR) is 109 cm³/mol. The lowest BCUT2D eigenvalue weighted by molar-refractivity contribution is -0.123. The van der Waals surface area contributed by atoms with E-state index in [0.29, 0.717) is 29.0 Å². The molecule has 1 amide bonds. The highest BCUT2D eigenvalue weighted by molar-refractivity contribution is 6.32. The Morgan fingerprint density at radius 2 is 2.07 bits per heavy atom. The van der Waals surface area contributed by atoms with E-state index < -0.39 is 18.0 Å². The number of rotatable bonds is 5. The maximum atomic E-state index is 12.5. The first-order valence-electron chi connectivity index (χ1n) is 8.95. The molecule has 0 aliphatic rings. The van der Waals surface area contributed by atoms with E-state index in [0.717, 1.165) is 0 Å². The molecule has 0 spiro atoms. The summed E-state index contributed by atoms with van der Waals surface area (Å²) in [6.45, 7) is 5.42. The molecule has 0 aliphatic heterocycles. The van der Waals surface area contributed by atoms with E-state index in [1.807, 2.05) is 6.92 Å². The van der Waals surface area contributed by atoms with Gasteiger partial charge < -0.3 is 14.6 Å². The van der Waals surface area contributed by atoms with Crippen molar-refractivity contribution in [3.63, 3.8) is 0 Å². The molecule has 0 fully saturated rings. The summed E-state index contributed by atoms with van der Waals surface area (Å²) in [6.07, 6.45) is 0.434. The fourth-order valence-electron chi connectivity index (χ4n) is 2.81. The standard InChI is InChI=1S/C20H19ClN4O4/c1-4-25-16-8-7-13(10-15(16)23-11(2)19(25)27)20(28)29-12(3)18(26)24-14-6-5-9-22-17(14)21/h5-10,12H,4H2,1-3H3,(H,24,26)/t12-/m0/s1. The molecule has 2 heterocycles. The van der Waals surface area contributed by atoms with Gasteiger partial charge in [0.2, 0.25) is 0 Å². The lowest BCUT2D eigenvalue weighted by Crippen LogP contribution is -2.30. The van der Waals surface area contributed by atoms with Crippen LogP contribution in [0.4, 0.5) is 5.69 Å². The van der Waals surface area contributed by atoms with Gasteiger partial charge in [-0.1, -0.05) is 11.6 Å². The summed E-state index contributed by atoms with van der Waals surface area (Å²) in [4.78, 5) is 45.1. The van der Waals surface area contributed by atoms with Crippen LogP contribution in [0.5, 0.6) is 0 Å². The van der Waals surface area contributed by atoms with E-state index in [-0.39, 0.29) is 16.3 Å². The summed E-state index contributed by atoms with van der Waals surface area (Å²) in [7, 11) is 0. The number of amides is 1. The van der Waals surface area contributed by atoms with Crippen molar-refractivity contribution >= 4 is 40.2 Å². The van der Waals surface area contributed by atoms with Gasteiger partial charge in [0.15, 0.2) is 11.3 Å². The quantitative estimate of drug-likeness (QED) is 0.508. The van der Waals surface area contributed by atoms with Crippen LogP contribution in [0, 0.1) is 6.92 Å². The zero-order chi connectivity index (χ0) is 21.1. The average molecular weight is 415 g/mol. The number of pyridine rings is 1. The topological polar surface area (TPSA) is 103 Å². The van der Waals surface area contributed by atoms with E-state index in [1.165, 1.54) is 19.2 Å². The van der Waals surface area contributed by atoms with E-state index in [1.54, 1.807) is 35.8 Å².